The average molecular weight is 317 g/mol. The molecule has 1 aromatic heterocycles. The molecule has 23 heavy (non-hydrogen) atoms. The van der Waals surface area contributed by atoms with Crippen LogP contribution in [0, 0.1) is 5.92 Å². The Morgan fingerprint density at radius 1 is 1.39 bits per heavy atom. The molecule has 1 amide bonds. The van der Waals surface area contributed by atoms with Gasteiger partial charge in [-0.3, -0.25) is 9.78 Å². The van der Waals surface area contributed by atoms with Crippen molar-refractivity contribution in [2.24, 2.45) is 10.9 Å². The van der Waals surface area contributed by atoms with Gasteiger partial charge in [0.05, 0.1) is 12.2 Å². The zero-order valence-corrected chi connectivity index (χ0v) is 14.3. The zero-order chi connectivity index (χ0) is 17.2. The standard InChI is InChI=1S/C17H23N3O3/c1-6-11-8-12(15(21)23-7-2)13(18-9-11)14-19-16(22)17(5,20-14)10(3)4/h8-10H,6-7H2,1-5H3,(H,19,20,22). The molecule has 0 saturated heterocycles. The van der Waals surface area contributed by atoms with Gasteiger partial charge in [-0.15, -0.1) is 0 Å². The van der Waals surface area contributed by atoms with E-state index in [1.54, 1.807) is 26.1 Å². The predicted molar refractivity (Wildman–Crippen MR) is 87.5 cm³/mol. The molecule has 0 radical (unpaired) electrons. The van der Waals surface area contributed by atoms with Crippen molar-refractivity contribution in [3.8, 4) is 0 Å². The summed E-state index contributed by atoms with van der Waals surface area (Å²) in [6, 6.07) is 1.75. The molecular formula is C17H23N3O3. The van der Waals surface area contributed by atoms with E-state index in [1.807, 2.05) is 20.8 Å². The normalized spacial score (nSPS) is 20.4. The third-order valence-electron chi connectivity index (χ3n) is 4.23. The summed E-state index contributed by atoms with van der Waals surface area (Å²) >= 11 is 0. The molecule has 1 N–H and O–H groups in total. The first-order valence-electron chi connectivity index (χ1n) is 7.91. The van der Waals surface area contributed by atoms with E-state index in [2.05, 4.69) is 15.3 Å². The monoisotopic (exact) mass is 317 g/mol. The largest absolute Gasteiger partial charge is 0.462 e. The van der Waals surface area contributed by atoms with Crippen LogP contribution in [-0.4, -0.2) is 34.8 Å². The molecule has 0 spiro atoms. The highest BCUT2D eigenvalue weighted by molar-refractivity contribution is 6.17. The second-order valence-corrected chi connectivity index (χ2v) is 6.03. The number of nitrogens with zero attached hydrogens (tertiary/aromatic N) is 2. The molecule has 6 nitrogen and oxygen atoms in total. The number of aromatic nitrogens is 1. The van der Waals surface area contributed by atoms with Crippen molar-refractivity contribution in [3.05, 3.63) is 29.1 Å². The summed E-state index contributed by atoms with van der Waals surface area (Å²) in [7, 11) is 0. The number of aliphatic imine (C=N–C) groups is 1. The van der Waals surface area contributed by atoms with Crippen LogP contribution in [0.1, 0.15) is 56.2 Å². The van der Waals surface area contributed by atoms with Gasteiger partial charge in [-0.25, -0.2) is 9.79 Å². The maximum atomic E-state index is 12.3. The third-order valence-corrected chi connectivity index (χ3v) is 4.23. The highest BCUT2D eigenvalue weighted by atomic mass is 16.5. The molecule has 1 aliphatic heterocycles. The van der Waals surface area contributed by atoms with Gasteiger partial charge in [0.2, 0.25) is 0 Å². The number of pyridine rings is 1. The van der Waals surface area contributed by atoms with Gasteiger partial charge in [-0.1, -0.05) is 20.8 Å². The van der Waals surface area contributed by atoms with Gasteiger partial charge in [-0.2, -0.15) is 0 Å². The second-order valence-electron chi connectivity index (χ2n) is 6.03. The van der Waals surface area contributed by atoms with Crippen molar-refractivity contribution in [2.75, 3.05) is 6.61 Å². The number of carbonyl (C=O) groups excluding carboxylic acids is 2. The van der Waals surface area contributed by atoms with Gasteiger partial charge in [0.25, 0.3) is 5.91 Å². The first-order chi connectivity index (χ1) is 10.8. The molecule has 2 heterocycles. The van der Waals surface area contributed by atoms with Crippen LogP contribution in [0.3, 0.4) is 0 Å². The van der Waals surface area contributed by atoms with Crippen molar-refractivity contribution < 1.29 is 14.3 Å². The Kier molecular flexibility index (Phi) is 4.82. The quantitative estimate of drug-likeness (QED) is 0.843. The minimum atomic E-state index is -0.855. The summed E-state index contributed by atoms with van der Waals surface area (Å²) in [4.78, 5) is 33.4. The Hall–Kier alpha value is -2.24. The predicted octanol–water partition coefficient (Wildman–Crippen LogP) is 2.11. The van der Waals surface area contributed by atoms with Crippen LogP contribution >= 0.6 is 0 Å². The van der Waals surface area contributed by atoms with E-state index in [9.17, 15) is 9.59 Å². The summed E-state index contributed by atoms with van der Waals surface area (Å²) in [6.07, 6.45) is 2.44. The summed E-state index contributed by atoms with van der Waals surface area (Å²) in [6.45, 7) is 9.66. The molecule has 1 atom stereocenters. The first kappa shape index (κ1) is 17.1. The number of ether oxygens (including phenoxy) is 1. The van der Waals surface area contributed by atoms with Gasteiger partial charge < -0.3 is 10.1 Å². The Morgan fingerprint density at radius 2 is 2.09 bits per heavy atom. The van der Waals surface area contributed by atoms with E-state index in [0.717, 1.165) is 12.0 Å². The molecule has 1 unspecified atom stereocenters. The molecule has 1 aliphatic rings. The number of hydrogen-bond acceptors (Lipinski definition) is 5. The van der Waals surface area contributed by atoms with E-state index in [-0.39, 0.29) is 18.4 Å². The first-order valence-corrected chi connectivity index (χ1v) is 7.91. The SMILES string of the molecule is CCOC(=O)c1cc(CC)cnc1C1=NC(C)(C(C)C)C(=O)N1. The highest BCUT2D eigenvalue weighted by Crippen LogP contribution is 2.27. The van der Waals surface area contributed by atoms with E-state index >= 15 is 0 Å². The van der Waals surface area contributed by atoms with Crippen LogP contribution < -0.4 is 5.32 Å². The maximum Gasteiger partial charge on any atom is 0.340 e. The maximum absolute atomic E-state index is 12.3. The van der Waals surface area contributed by atoms with Crippen molar-refractivity contribution in [1.29, 1.82) is 0 Å². The van der Waals surface area contributed by atoms with Gasteiger partial charge in [0.15, 0.2) is 5.84 Å². The number of hydrogen-bond donors (Lipinski definition) is 1. The molecule has 0 bridgehead atoms. The van der Waals surface area contributed by atoms with Crippen LogP contribution in [0.15, 0.2) is 17.3 Å². The minimum absolute atomic E-state index is 0.0287. The number of amidine groups is 1. The summed E-state index contributed by atoms with van der Waals surface area (Å²) < 4.78 is 5.11. The Labute approximate surface area is 136 Å². The van der Waals surface area contributed by atoms with Crippen LogP contribution in [0.4, 0.5) is 0 Å². The zero-order valence-electron chi connectivity index (χ0n) is 14.3. The fourth-order valence-electron chi connectivity index (χ4n) is 2.30. The van der Waals surface area contributed by atoms with E-state index < -0.39 is 11.5 Å². The van der Waals surface area contributed by atoms with Crippen LogP contribution in [-0.2, 0) is 16.0 Å². The smallest absolute Gasteiger partial charge is 0.340 e. The molecular weight excluding hydrogens is 294 g/mol. The van der Waals surface area contributed by atoms with Gasteiger partial charge in [0, 0.05) is 6.20 Å². The second kappa shape index (κ2) is 6.48. The molecule has 1 aromatic rings. The lowest BCUT2D eigenvalue weighted by Crippen LogP contribution is -2.41. The van der Waals surface area contributed by atoms with Crippen LogP contribution in [0.5, 0.6) is 0 Å². The topological polar surface area (TPSA) is 80.7 Å². The number of esters is 1. The van der Waals surface area contributed by atoms with Gasteiger partial charge in [-0.05, 0) is 37.8 Å². The number of carbonyl (C=O) groups is 2. The third kappa shape index (κ3) is 3.11. The lowest BCUT2D eigenvalue weighted by atomic mass is 9.89. The molecule has 0 fully saturated rings. The highest BCUT2D eigenvalue weighted by Gasteiger charge is 2.43. The molecule has 2 rings (SSSR count). The van der Waals surface area contributed by atoms with Gasteiger partial charge >= 0.3 is 5.97 Å². The van der Waals surface area contributed by atoms with Crippen molar-refractivity contribution >= 4 is 17.7 Å². The van der Waals surface area contributed by atoms with E-state index in [4.69, 9.17) is 4.74 Å². The summed E-state index contributed by atoms with van der Waals surface area (Å²) in [5, 5.41) is 2.76. The van der Waals surface area contributed by atoms with Crippen molar-refractivity contribution in [2.45, 2.75) is 46.6 Å². The molecule has 0 aliphatic carbocycles. The molecule has 0 aromatic carbocycles. The molecule has 0 saturated carbocycles. The Bertz CT molecular complexity index is 667. The number of aryl methyl sites for hydroxylation is 1. The molecule has 6 heteroatoms. The van der Waals surface area contributed by atoms with Crippen LogP contribution in [0.2, 0.25) is 0 Å². The fraction of sp³-hybridized carbons (Fsp3) is 0.529. The number of rotatable bonds is 5. The van der Waals surface area contributed by atoms with Crippen molar-refractivity contribution in [1.82, 2.24) is 10.3 Å². The lowest BCUT2D eigenvalue weighted by Gasteiger charge is -2.21. The Balaban J connectivity index is 2.51. The van der Waals surface area contributed by atoms with Crippen LogP contribution in [0.25, 0.3) is 0 Å². The lowest BCUT2D eigenvalue weighted by molar-refractivity contribution is -0.124. The van der Waals surface area contributed by atoms with Crippen molar-refractivity contribution in [3.63, 3.8) is 0 Å². The van der Waals surface area contributed by atoms with E-state index in [1.165, 1.54) is 0 Å². The molecule has 124 valence electrons. The summed E-state index contributed by atoms with van der Waals surface area (Å²) in [5.74, 6) is -0.281. The van der Waals surface area contributed by atoms with Gasteiger partial charge in [0.1, 0.15) is 11.2 Å². The van der Waals surface area contributed by atoms with E-state index in [0.29, 0.717) is 17.1 Å². The number of amides is 1. The fourth-order valence-corrected chi connectivity index (χ4v) is 2.30. The number of nitrogens with one attached hydrogen (secondary N) is 1. The summed E-state index contributed by atoms with van der Waals surface area (Å²) in [5.41, 5.74) is 0.761. The average Bonchev–Trinajstić information content (AvgIpc) is 2.83. The Morgan fingerprint density at radius 3 is 2.61 bits per heavy atom. The minimum Gasteiger partial charge on any atom is -0.462 e.